The van der Waals surface area contributed by atoms with Gasteiger partial charge >= 0.3 is 12.1 Å². The molecule has 0 fully saturated rings. The molecule has 1 N–H and O–H groups in total. The number of benzene rings is 2. The number of hydrogen-bond acceptors (Lipinski definition) is 5. The van der Waals surface area contributed by atoms with Crippen molar-refractivity contribution in [3.8, 4) is 5.75 Å². The molecule has 5 rings (SSSR count). The molecule has 1 aliphatic carbocycles. The molecule has 0 radical (unpaired) electrons. The molecular weight excluding hydrogens is 461 g/mol. The number of halogens is 3. The molecular formula is C26H21F3N2O4. The molecule has 1 aromatic heterocycles. The van der Waals surface area contributed by atoms with Crippen molar-refractivity contribution in [3.63, 3.8) is 0 Å². The van der Waals surface area contributed by atoms with Crippen LogP contribution >= 0.6 is 0 Å². The first-order valence-electron chi connectivity index (χ1n) is 11.0. The Morgan fingerprint density at radius 1 is 1.06 bits per heavy atom. The van der Waals surface area contributed by atoms with Crippen LogP contribution in [0.2, 0.25) is 0 Å². The van der Waals surface area contributed by atoms with Crippen LogP contribution in [0.25, 0.3) is 0 Å². The number of fused-ring (bicyclic) bond motifs is 1. The molecule has 1 amide bonds. The number of methoxy groups -OCH3 is 1. The molecule has 3 aromatic rings. The Kier molecular flexibility index (Phi) is 5.62. The number of allylic oxidation sites excluding steroid dienone is 1. The maximum atomic E-state index is 13.9. The number of nitrogens with one attached hydrogen (secondary N) is 1. The third-order valence-electron chi connectivity index (χ3n) is 6.33. The standard InChI is InChI=1S/C26H21F3N2O4/c1-34-17-10-8-15(9-11-17)24-23-19(13-16(14-21(23)32)22-7-4-12-35-22)30-18-5-2-3-6-20(18)31(24)25(33)26(27,28)29/h2-12,16,24,30H,13-14H2,1H3/t16-,24+/m0/s1. The molecule has 0 unspecified atom stereocenters. The molecule has 35 heavy (non-hydrogen) atoms. The molecule has 9 heteroatoms. The third-order valence-corrected chi connectivity index (χ3v) is 6.33. The van der Waals surface area contributed by atoms with E-state index in [0.29, 0.717) is 39.8 Å². The van der Waals surface area contributed by atoms with Gasteiger partial charge in [0.1, 0.15) is 11.5 Å². The van der Waals surface area contributed by atoms with Gasteiger partial charge < -0.3 is 14.5 Å². The van der Waals surface area contributed by atoms with E-state index in [1.165, 1.54) is 19.4 Å². The van der Waals surface area contributed by atoms with Crippen LogP contribution in [0.15, 0.2) is 82.6 Å². The first kappa shape index (κ1) is 22.8. The van der Waals surface area contributed by atoms with Gasteiger partial charge in [0.2, 0.25) is 0 Å². The van der Waals surface area contributed by atoms with Crippen molar-refractivity contribution < 1.29 is 31.9 Å². The number of carbonyl (C=O) groups excluding carboxylic acids is 2. The smallest absolute Gasteiger partial charge is 0.471 e. The zero-order valence-electron chi connectivity index (χ0n) is 18.6. The molecule has 0 spiro atoms. The minimum Gasteiger partial charge on any atom is -0.497 e. The van der Waals surface area contributed by atoms with E-state index in [4.69, 9.17) is 9.15 Å². The van der Waals surface area contributed by atoms with Crippen molar-refractivity contribution >= 4 is 23.1 Å². The number of amides is 1. The highest BCUT2D eigenvalue weighted by Crippen LogP contribution is 2.48. The van der Waals surface area contributed by atoms with Crippen LogP contribution in [0.4, 0.5) is 24.5 Å². The van der Waals surface area contributed by atoms with E-state index in [0.717, 1.165) is 0 Å². The predicted molar refractivity (Wildman–Crippen MR) is 122 cm³/mol. The third kappa shape index (κ3) is 4.07. The number of para-hydroxylation sites is 2. The van der Waals surface area contributed by atoms with Gasteiger partial charge in [0.15, 0.2) is 5.78 Å². The van der Waals surface area contributed by atoms with Crippen molar-refractivity contribution in [1.82, 2.24) is 0 Å². The second kappa shape index (κ2) is 8.65. The van der Waals surface area contributed by atoms with Crippen LogP contribution in [0.3, 0.4) is 0 Å². The van der Waals surface area contributed by atoms with Crippen LogP contribution in [-0.4, -0.2) is 25.0 Å². The van der Waals surface area contributed by atoms with E-state index in [-0.39, 0.29) is 29.4 Å². The normalized spacial score (nSPS) is 20.0. The lowest BCUT2D eigenvalue weighted by Crippen LogP contribution is -2.45. The van der Waals surface area contributed by atoms with Gasteiger partial charge in [0, 0.05) is 23.6 Å². The number of ether oxygens (including phenoxy) is 1. The van der Waals surface area contributed by atoms with E-state index in [1.54, 1.807) is 54.6 Å². The Balaban J connectivity index is 1.74. The molecule has 0 saturated carbocycles. The van der Waals surface area contributed by atoms with Gasteiger partial charge in [-0.15, -0.1) is 0 Å². The summed E-state index contributed by atoms with van der Waals surface area (Å²) in [6.45, 7) is 0. The average molecular weight is 482 g/mol. The first-order valence-corrected chi connectivity index (χ1v) is 11.0. The number of nitrogens with zero attached hydrogens (tertiary/aromatic N) is 1. The van der Waals surface area contributed by atoms with Gasteiger partial charge in [-0.3, -0.25) is 14.5 Å². The Morgan fingerprint density at radius 3 is 2.46 bits per heavy atom. The van der Waals surface area contributed by atoms with Gasteiger partial charge in [-0.1, -0.05) is 24.3 Å². The lowest BCUT2D eigenvalue weighted by atomic mass is 9.80. The minimum atomic E-state index is -5.16. The highest BCUT2D eigenvalue weighted by atomic mass is 19.4. The summed E-state index contributed by atoms with van der Waals surface area (Å²) >= 11 is 0. The molecule has 2 aliphatic rings. The lowest BCUT2D eigenvalue weighted by molar-refractivity contribution is -0.170. The number of alkyl halides is 3. The van der Waals surface area contributed by atoms with Crippen LogP contribution in [0, 0.1) is 0 Å². The Labute approximate surface area is 199 Å². The molecule has 0 bridgehead atoms. The van der Waals surface area contributed by atoms with E-state index in [2.05, 4.69) is 5.32 Å². The summed E-state index contributed by atoms with van der Waals surface area (Å²) in [5, 5.41) is 3.17. The average Bonchev–Trinajstić information content (AvgIpc) is 3.33. The molecule has 2 atom stereocenters. The fourth-order valence-electron chi connectivity index (χ4n) is 4.78. The Bertz CT molecular complexity index is 1300. The number of rotatable bonds is 3. The second-order valence-electron chi connectivity index (χ2n) is 8.43. The molecule has 0 saturated heterocycles. The van der Waals surface area contributed by atoms with Crippen molar-refractivity contribution in [2.24, 2.45) is 0 Å². The molecule has 1 aliphatic heterocycles. The number of ketones is 1. The number of hydrogen-bond donors (Lipinski definition) is 1. The molecule has 2 aromatic carbocycles. The zero-order valence-corrected chi connectivity index (χ0v) is 18.6. The fraction of sp³-hybridized carbons (Fsp3) is 0.231. The number of carbonyl (C=O) groups is 2. The molecule has 180 valence electrons. The summed E-state index contributed by atoms with van der Waals surface area (Å²) in [5.41, 5.74) is 1.30. The van der Waals surface area contributed by atoms with Crippen LogP contribution in [0.5, 0.6) is 5.75 Å². The SMILES string of the molecule is COc1ccc([C@@H]2C3=C(C[C@H](c4ccco4)CC3=O)Nc3ccccc3N2C(=O)C(F)(F)F)cc1. The largest absolute Gasteiger partial charge is 0.497 e. The van der Waals surface area contributed by atoms with Crippen molar-refractivity contribution in [2.75, 3.05) is 17.3 Å². The van der Waals surface area contributed by atoms with E-state index in [1.807, 2.05) is 0 Å². The lowest BCUT2D eigenvalue weighted by Gasteiger charge is -2.35. The monoisotopic (exact) mass is 482 g/mol. The van der Waals surface area contributed by atoms with E-state index in [9.17, 15) is 22.8 Å². The Morgan fingerprint density at radius 2 is 1.80 bits per heavy atom. The van der Waals surface area contributed by atoms with Gasteiger partial charge in [-0.05, 0) is 48.4 Å². The molecule has 2 heterocycles. The highest BCUT2D eigenvalue weighted by molar-refractivity contribution is 6.07. The van der Waals surface area contributed by atoms with Crippen molar-refractivity contribution in [1.29, 1.82) is 0 Å². The fourth-order valence-corrected chi connectivity index (χ4v) is 4.78. The number of anilines is 2. The summed E-state index contributed by atoms with van der Waals surface area (Å²) in [4.78, 5) is 27.1. The number of furan rings is 1. The van der Waals surface area contributed by atoms with Crippen molar-refractivity contribution in [2.45, 2.75) is 31.0 Å². The Hall–Kier alpha value is -4.01. The van der Waals surface area contributed by atoms with Gasteiger partial charge in [0.25, 0.3) is 0 Å². The molecule has 6 nitrogen and oxygen atoms in total. The van der Waals surface area contributed by atoms with E-state index < -0.39 is 18.1 Å². The quantitative estimate of drug-likeness (QED) is 0.515. The predicted octanol–water partition coefficient (Wildman–Crippen LogP) is 5.75. The summed E-state index contributed by atoms with van der Waals surface area (Å²) in [6, 6.07) is 14.8. The van der Waals surface area contributed by atoms with Gasteiger partial charge in [0.05, 0.1) is 30.8 Å². The van der Waals surface area contributed by atoms with Crippen LogP contribution < -0.4 is 15.0 Å². The van der Waals surface area contributed by atoms with Gasteiger partial charge in [-0.25, -0.2) is 0 Å². The van der Waals surface area contributed by atoms with Crippen LogP contribution in [-0.2, 0) is 9.59 Å². The topological polar surface area (TPSA) is 71.8 Å². The van der Waals surface area contributed by atoms with Crippen molar-refractivity contribution in [3.05, 3.63) is 89.5 Å². The maximum Gasteiger partial charge on any atom is 0.471 e. The summed E-state index contributed by atoms with van der Waals surface area (Å²) in [6.07, 6.45) is -3.25. The zero-order chi connectivity index (χ0) is 24.7. The number of Topliss-reactive ketones (excluding diaryl/α,β-unsaturated/α-hetero) is 1. The minimum absolute atomic E-state index is 0.0346. The maximum absolute atomic E-state index is 13.9. The summed E-state index contributed by atoms with van der Waals surface area (Å²) < 4.78 is 52.4. The highest BCUT2D eigenvalue weighted by Gasteiger charge is 2.50. The van der Waals surface area contributed by atoms with Crippen LogP contribution in [0.1, 0.15) is 36.1 Å². The first-order chi connectivity index (χ1) is 16.8. The van der Waals surface area contributed by atoms with E-state index >= 15 is 0 Å². The summed E-state index contributed by atoms with van der Waals surface area (Å²) in [7, 11) is 1.47. The second-order valence-corrected chi connectivity index (χ2v) is 8.43. The van der Waals surface area contributed by atoms with Gasteiger partial charge in [-0.2, -0.15) is 13.2 Å². The summed E-state index contributed by atoms with van der Waals surface area (Å²) in [5.74, 6) is -1.57.